The minimum Gasteiger partial charge on any atom is -0.300 e. The largest absolute Gasteiger partial charge is 0.300 e. The Balaban J connectivity index is 3.05. The summed E-state index contributed by atoms with van der Waals surface area (Å²) in [7, 11) is 0. The van der Waals surface area contributed by atoms with E-state index in [0.717, 1.165) is 6.54 Å². The molecule has 0 saturated carbocycles. The Morgan fingerprint density at radius 3 is 2.86 bits per heavy atom. The van der Waals surface area contributed by atoms with E-state index in [1.807, 2.05) is 0 Å². The molecule has 0 amide bonds. The molecular weight excluding hydrogens is 285 g/mol. The first-order chi connectivity index (χ1) is 6.70. The number of hydrogen-bond donors (Lipinski definition) is 1. The first-order valence-corrected chi connectivity index (χ1v) is 5.73. The molecule has 0 radical (unpaired) electrons. The van der Waals surface area contributed by atoms with Crippen LogP contribution in [-0.4, -0.2) is 6.54 Å². The molecule has 0 heterocycles. The van der Waals surface area contributed by atoms with Crippen molar-refractivity contribution >= 4 is 22.6 Å². The molecule has 1 aromatic carbocycles. The van der Waals surface area contributed by atoms with Crippen molar-refractivity contribution in [3.63, 3.8) is 0 Å². The maximum atomic E-state index is 5.49. The molecule has 0 aliphatic heterocycles. The number of rotatable bonds is 3. The van der Waals surface area contributed by atoms with Crippen LogP contribution in [0, 0.1) is 22.8 Å². The van der Waals surface area contributed by atoms with Gasteiger partial charge in [0.2, 0.25) is 0 Å². The van der Waals surface area contributed by atoms with E-state index in [1.54, 1.807) is 0 Å². The zero-order chi connectivity index (χ0) is 10.6. The number of terminal acetylenes is 1. The van der Waals surface area contributed by atoms with Crippen LogP contribution in [0.1, 0.15) is 24.1 Å². The summed E-state index contributed by atoms with van der Waals surface area (Å²) in [5, 5.41) is 3.28. The molecule has 0 fully saturated rings. The minimum absolute atomic E-state index is 0.0341. The summed E-state index contributed by atoms with van der Waals surface area (Å²) in [4.78, 5) is 0. The van der Waals surface area contributed by atoms with E-state index in [-0.39, 0.29) is 6.04 Å². The van der Waals surface area contributed by atoms with E-state index in [2.05, 4.69) is 65.9 Å². The number of halogens is 1. The van der Waals surface area contributed by atoms with Crippen molar-refractivity contribution in [1.29, 1.82) is 0 Å². The highest BCUT2D eigenvalue weighted by atomic mass is 127. The van der Waals surface area contributed by atoms with Gasteiger partial charge in [-0.15, -0.1) is 6.42 Å². The summed E-state index contributed by atoms with van der Waals surface area (Å²) < 4.78 is 1.26. The van der Waals surface area contributed by atoms with Gasteiger partial charge in [0.05, 0.1) is 6.04 Å². The quantitative estimate of drug-likeness (QED) is 0.668. The van der Waals surface area contributed by atoms with Crippen molar-refractivity contribution in [3.8, 4) is 12.3 Å². The number of benzene rings is 1. The Kier molecular flexibility index (Phi) is 4.43. The van der Waals surface area contributed by atoms with Crippen LogP contribution in [0.4, 0.5) is 0 Å². The zero-order valence-corrected chi connectivity index (χ0v) is 10.6. The Morgan fingerprint density at radius 1 is 1.57 bits per heavy atom. The van der Waals surface area contributed by atoms with Gasteiger partial charge in [0, 0.05) is 3.57 Å². The molecule has 0 spiro atoms. The van der Waals surface area contributed by atoms with Crippen LogP contribution in [0.25, 0.3) is 0 Å². The number of hydrogen-bond acceptors (Lipinski definition) is 1. The second-order valence-electron chi connectivity index (χ2n) is 3.14. The lowest BCUT2D eigenvalue weighted by Crippen LogP contribution is -2.20. The molecule has 1 nitrogen and oxygen atoms in total. The van der Waals surface area contributed by atoms with Gasteiger partial charge in [0.1, 0.15) is 0 Å². The number of nitrogens with one attached hydrogen (secondary N) is 1. The van der Waals surface area contributed by atoms with E-state index < -0.39 is 0 Å². The Bertz CT molecular complexity index is 352. The lowest BCUT2D eigenvalue weighted by atomic mass is 10.1. The molecule has 2 heteroatoms. The standard InChI is InChI=1S/C12H14IN/c1-4-11(14-5-2)10-8-6-7-9(3)12(10)13/h1,6-8,11,14H,5H2,2-3H3. The van der Waals surface area contributed by atoms with Crippen molar-refractivity contribution in [3.05, 3.63) is 32.9 Å². The average Bonchev–Trinajstić information content (AvgIpc) is 2.19. The van der Waals surface area contributed by atoms with E-state index in [0.29, 0.717) is 0 Å². The molecule has 0 aromatic heterocycles. The average molecular weight is 299 g/mol. The Morgan fingerprint density at radius 2 is 2.29 bits per heavy atom. The molecule has 0 aliphatic carbocycles. The molecule has 1 atom stereocenters. The highest BCUT2D eigenvalue weighted by Gasteiger charge is 2.10. The molecule has 1 aromatic rings. The summed E-state index contributed by atoms with van der Waals surface area (Å²) in [6.07, 6.45) is 5.49. The fourth-order valence-electron chi connectivity index (χ4n) is 1.36. The molecule has 1 rings (SSSR count). The lowest BCUT2D eigenvalue weighted by molar-refractivity contribution is 0.662. The van der Waals surface area contributed by atoms with Gasteiger partial charge in [-0.05, 0) is 47.2 Å². The van der Waals surface area contributed by atoms with E-state index in [9.17, 15) is 0 Å². The molecule has 1 unspecified atom stereocenters. The second-order valence-corrected chi connectivity index (χ2v) is 4.21. The predicted molar refractivity (Wildman–Crippen MR) is 69.1 cm³/mol. The third-order valence-corrected chi connectivity index (χ3v) is 3.58. The predicted octanol–water partition coefficient (Wildman–Crippen LogP) is 2.88. The zero-order valence-electron chi connectivity index (χ0n) is 8.47. The van der Waals surface area contributed by atoms with Crippen molar-refractivity contribution in [2.45, 2.75) is 19.9 Å². The van der Waals surface area contributed by atoms with Crippen molar-refractivity contribution in [2.75, 3.05) is 6.54 Å². The summed E-state index contributed by atoms with van der Waals surface area (Å²) in [5.74, 6) is 2.77. The molecular formula is C12H14IN. The topological polar surface area (TPSA) is 12.0 Å². The van der Waals surface area contributed by atoms with Crippen molar-refractivity contribution < 1.29 is 0 Å². The first kappa shape index (κ1) is 11.5. The molecule has 0 aliphatic rings. The number of aryl methyl sites for hydroxylation is 1. The van der Waals surface area contributed by atoms with Crippen LogP contribution < -0.4 is 5.32 Å². The van der Waals surface area contributed by atoms with Crippen LogP contribution >= 0.6 is 22.6 Å². The van der Waals surface area contributed by atoms with Crippen LogP contribution in [0.5, 0.6) is 0 Å². The summed E-state index contributed by atoms with van der Waals surface area (Å²) >= 11 is 2.35. The summed E-state index contributed by atoms with van der Waals surface area (Å²) in [6, 6.07) is 6.27. The fourth-order valence-corrected chi connectivity index (χ4v) is 2.03. The third-order valence-electron chi connectivity index (χ3n) is 2.11. The lowest BCUT2D eigenvalue weighted by Gasteiger charge is -2.14. The molecule has 74 valence electrons. The highest BCUT2D eigenvalue weighted by Crippen LogP contribution is 2.22. The van der Waals surface area contributed by atoms with Crippen LogP contribution in [-0.2, 0) is 0 Å². The van der Waals surface area contributed by atoms with Crippen LogP contribution in [0.15, 0.2) is 18.2 Å². The van der Waals surface area contributed by atoms with Gasteiger partial charge in [-0.3, -0.25) is 0 Å². The van der Waals surface area contributed by atoms with E-state index in [4.69, 9.17) is 6.42 Å². The second kappa shape index (κ2) is 5.38. The third kappa shape index (κ3) is 2.49. The minimum atomic E-state index is 0.0341. The van der Waals surface area contributed by atoms with Crippen molar-refractivity contribution in [1.82, 2.24) is 5.32 Å². The molecule has 0 bridgehead atoms. The highest BCUT2D eigenvalue weighted by molar-refractivity contribution is 14.1. The van der Waals surface area contributed by atoms with Gasteiger partial charge in [-0.2, -0.15) is 0 Å². The Hall–Kier alpha value is -0.530. The fraction of sp³-hybridized carbons (Fsp3) is 0.333. The normalized spacial score (nSPS) is 12.1. The maximum absolute atomic E-state index is 5.49. The Labute approximate surface area is 99.4 Å². The van der Waals surface area contributed by atoms with E-state index in [1.165, 1.54) is 14.7 Å². The first-order valence-electron chi connectivity index (χ1n) is 4.65. The summed E-state index contributed by atoms with van der Waals surface area (Å²) in [6.45, 7) is 5.05. The molecule has 0 saturated heterocycles. The monoisotopic (exact) mass is 299 g/mol. The van der Waals surface area contributed by atoms with E-state index >= 15 is 0 Å². The molecule has 14 heavy (non-hydrogen) atoms. The van der Waals surface area contributed by atoms with Gasteiger partial charge >= 0.3 is 0 Å². The van der Waals surface area contributed by atoms with Gasteiger partial charge in [-0.25, -0.2) is 0 Å². The summed E-state index contributed by atoms with van der Waals surface area (Å²) in [5.41, 5.74) is 2.48. The van der Waals surface area contributed by atoms with Gasteiger partial charge in [0.15, 0.2) is 0 Å². The smallest absolute Gasteiger partial charge is 0.0953 e. The van der Waals surface area contributed by atoms with Crippen LogP contribution in [0.3, 0.4) is 0 Å². The molecule has 1 N–H and O–H groups in total. The maximum Gasteiger partial charge on any atom is 0.0953 e. The van der Waals surface area contributed by atoms with Gasteiger partial charge < -0.3 is 5.32 Å². The van der Waals surface area contributed by atoms with Gasteiger partial charge in [-0.1, -0.05) is 31.0 Å². The van der Waals surface area contributed by atoms with Gasteiger partial charge in [0.25, 0.3) is 0 Å². The van der Waals surface area contributed by atoms with Crippen molar-refractivity contribution in [2.24, 2.45) is 0 Å². The van der Waals surface area contributed by atoms with Crippen LogP contribution in [0.2, 0.25) is 0 Å². The SMILES string of the molecule is C#CC(NCC)c1cccc(C)c1I.